The molecule has 1 aromatic heterocycles. The van der Waals surface area contributed by atoms with Crippen molar-refractivity contribution in [2.24, 2.45) is 0 Å². The normalized spacial score (nSPS) is 10.1. The third kappa shape index (κ3) is 4.31. The van der Waals surface area contributed by atoms with E-state index in [2.05, 4.69) is 28.6 Å². The molecule has 27 heavy (non-hydrogen) atoms. The zero-order valence-corrected chi connectivity index (χ0v) is 15.3. The standard InChI is InChI=1S/C22H20N4O/c1-3-17-8-4-6-15(2)21(17)26-22(27)18-11-20(14-24-13-18)25-19-9-5-7-16(10-19)12-23/h4-11,13-14,25H,3H2,1-2H3,(H,26,27). The molecule has 1 amide bonds. The van der Waals surface area contributed by atoms with Crippen LogP contribution in [0.2, 0.25) is 0 Å². The first-order valence-electron chi connectivity index (χ1n) is 8.72. The Morgan fingerprint density at radius 1 is 1.11 bits per heavy atom. The molecule has 134 valence electrons. The number of amides is 1. The second-order valence-corrected chi connectivity index (χ2v) is 6.20. The molecule has 5 nitrogen and oxygen atoms in total. The molecule has 3 rings (SSSR count). The van der Waals surface area contributed by atoms with Crippen molar-refractivity contribution in [3.63, 3.8) is 0 Å². The van der Waals surface area contributed by atoms with Crippen LogP contribution in [0, 0.1) is 18.3 Å². The number of nitrogens with zero attached hydrogens (tertiary/aromatic N) is 2. The molecule has 0 spiro atoms. The van der Waals surface area contributed by atoms with Crippen LogP contribution in [-0.2, 0) is 6.42 Å². The molecule has 0 atom stereocenters. The fraction of sp³-hybridized carbons (Fsp3) is 0.136. The van der Waals surface area contributed by atoms with Gasteiger partial charge in [-0.25, -0.2) is 0 Å². The molecule has 0 bridgehead atoms. The fourth-order valence-electron chi connectivity index (χ4n) is 2.85. The maximum absolute atomic E-state index is 12.7. The Bertz CT molecular complexity index is 1020. The van der Waals surface area contributed by atoms with Crippen LogP contribution >= 0.6 is 0 Å². The zero-order valence-electron chi connectivity index (χ0n) is 15.3. The van der Waals surface area contributed by atoms with Gasteiger partial charge in [-0.2, -0.15) is 5.26 Å². The summed E-state index contributed by atoms with van der Waals surface area (Å²) in [7, 11) is 0. The van der Waals surface area contributed by atoms with Gasteiger partial charge in [0.05, 0.1) is 29.1 Å². The van der Waals surface area contributed by atoms with Gasteiger partial charge in [0.1, 0.15) is 0 Å². The van der Waals surface area contributed by atoms with Gasteiger partial charge in [0, 0.05) is 17.6 Å². The third-order valence-corrected chi connectivity index (χ3v) is 4.26. The lowest BCUT2D eigenvalue weighted by Gasteiger charge is -2.13. The van der Waals surface area contributed by atoms with E-state index >= 15 is 0 Å². The predicted octanol–water partition coefficient (Wildman–Crippen LogP) is 4.82. The number of para-hydroxylation sites is 1. The lowest BCUT2D eigenvalue weighted by Crippen LogP contribution is -2.14. The van der Waals surface area contributed by atoms with Crippen LogP contribution in [0.3, 0.4) is 0 Å². The van der Waals surface area contributed by atoms with Gasteiger partial charge in [-0.15, -0.1) is 0 Å². The van der Waals surface area contributed by atoms with Gasteiger partial charge in [0.25, 0.3) is 5.91 Å². The number of nitrogens with one attached hydrogen (secondary N) is 2. The summed E-state index contributed by atoms with van der Waals surface area (Å²) in [5, 5.41) is 15.2. The Kier molecular flexibility index (Phi) is 5.48. The van der Waals surface area contributed by atoms with E-state index in [4.69, 9.17) is 5.26 Å². The Hall–Kier alpha value is -3.65. The van der Waals surface area contributed by atoms with Gasteiger partial charge in [0.15, 0.2) is 0 Å². The summed E-state index contributed by atoms with van der Waals surface area (Å²) in [5.74, 6) is -0.207. The molecule has 5 heteroatoms. The van der Waals surface area contributed by atoms with E-state index in [1.54, 1.807) is 30.5 Å². The first-order chi connectivity index (χ1) is 13.1. The first kappa shape index (κ1) is 18.2. The Morgan fingerprint density at radius 2 is 1.93 bits per heavy atom. The Labute approximate surface area is 158 Å². The van der Waals surface area contributed by atoms with Gasteiger partial charge in [0.2, 0.25) is 0 Å². The molecular formula is C22H20N4O. The van der Waals surface area contributed by atoms with Gasteiger partial charge >= 0.3 is 0 Å². The lowest BCUT2D eigenvalue weighted by atomic mass is 10.1. The lowest BCUT2D eigenvalue weighted by molar-refractivity contribution is 0.102. The summed E-state index contributed by atoms with van der Waals surface area (Å²) in [4.78, 5) is 16.9. The predicted molar refractivity (Wildman–Crippen MR) is 107 cm³/mol. The SMILES string of the molecule is CCc1cccc(C)c1NC(=O)c1cncc(Nc2cccc(C#N)c2)c1. The number of carbonyl (C=O) groups is 1. The second kappa shape index (κ2) is 8.15. The number of hydrogen-bond donors (Lipinski definition) is 2. The van der Waals surface area contributed by atoms with Crippen LogP contribution in [0.25, 0.3) is 0 Å². The van der Waals surface area contributed by atoms with E-state index in [1.165, 1.54) is 6.20 Å². The number of aromatic nitrogens is 1. The van der Waals surface area contributed by atoms with Gasteiger partial charge in [-0.05, 0) is 48.7 Å². The molecule has 0 aliphatic rings. The van der Waals surface area contributed by atoms with Crippen molar-refractivity contribution >= 4 is 23.0 Å². The van der Waals surface area contributed by atoms with Crippen LogP contribution in [0.5, 0.6) is 0 Å². The molecule has 0 unspecified atom stereocenters. The van der Waals surface area contributed by atoms with E-state index in [0.29, 0.717) is 16.8 Å². The van der Waals surface area contributed by atoms with Crippen molar-refractivity contribution in [1.82, 2.24) is 4.98 Å². The molecule has 3 aromatic rings. The Morgan fingerprint density at radius 3 is 2.70 bits per heavy atom. The average Bonchev–Trinajstić information content (AvgIpc) is 2.69. The van der Waals surface area contributed by atoms with Crippen molar-refractivity contribution in [3.05, 3.63) is 83.2 Å². The summed E-state index contributed by atoms with van der Waals surface area (Å²) in [6.07, 6.45) is 4.02. The average molecular weight is 356 g/mol. The minimum atomic E-state index is -0.207. The number of hydrogen-bond acceptors (Lipinski definition) is 4. The van der Waals surface area contributed by atoms with Gasteiger partial charge in [-0.3, -0.25) is 9.78 Å². The molecule has 1 heterocycles. The number of benzene rings is 2. The molecule has 0 aliphatic carbocycles. The molecule has 0 aliphatic heterocycles. The van der Waals surface area contributed by atoms with E-state index in [0.717, 1.165) is 28.9 Å². The van der Waals surface area contributed by atoms with E-state index in [1.807, 2.05) is 31.2 Å². The van der Waals surface area contributed by atoms with E-state index < -0.39 is 0 Å². The minimum absolute atomic E-state index is 0.207. The van der Waals surface area contributed by atoms with Crippen molar-refractivity contribution in [2.75, 3.05) is 10.6 Å². The third-order valence-electron chi connectivity index (χ3n) is 4.26. The highest BCUT2D eigenvalue weighted by Crippen LogP contribution is 2.23. The number of anilines is 3. The van der Waals surface area contributed by atoms with Crippen LogP contribution in [0.4, 0.5) is 17.1 Å². The van der Waals surface area contributed by atoms with Crippen LogP contribution in [-0.4, -0.2) is 10.9 Å². The van der Waals surface area contributed by atoms with Crippen LogP contribution in [0.15, 0.2) is 60.9 Å². The van der Waals surface area contributed by atoms with Crippen molar-refractivity contribution in [1.29, 1.82) is 5.26 Å². The molecule has 0 saturated heterocycles. The molecule has 2 aromatic carbocycles. The second-order valence-electron chi connectivity index (χ2n) is 6.20. The smallest absolute Gasteiger partial charge is 0.257 e. The number of carbonyl (C=O) groups excluding carboxylic acids is 1. The number of aryl methyl sites for hydroxylation is 2. The molecule has 2 N–H and O–H groups in total. The van der Waals surface area contributed by atoms with Crippen molar-refractivity contribution in [3.8, 4) is 6.07 Å². The molecule has 0 radical (unpaired) electrons. The zero-order chi connectivity index (χ0) is 19.2. The fourth-order valence-corrected chi connectivity index (χ4v) is 2.85. The summed E-state index contributed by atoms with van der Waals surface area (Å²) in [6.45, 7) is 4.04. The minimum Gasteiger partial charge on any atom is -0.354 e. The molecular weight excluding hydrogens is 336 g/mol. The number of pyridine rings is 1. The quantitative estimate of drug-likeness (QED) is 0.687. The maximum atomic E-state index is 12.7. The van der Waals surface area contributed by atoms with Crippen molar-refractivity contribution < 1.29 is 4.79 Å². The number of nitriles is 1. The van der Waals surface area contributed by atoms with E-state index in [-0.39, 0.29) is 5.91 Å². The summed E-state index contributed by atoms with van der Waals surface area (Å²) in [5.41, 5.74) is 5.44. The summed E-state index contributed by atoms with van der Waals surface area (Å²) in [6, 6.07) is 17.0. The molecule has 0 saturated carbocycles. The van der Waals surface area contributed by atoms with Gasteiger partial charge < -0.3 is 10.6 Å². The summed E-state index contributed by atoms with van der Waals surface area (Å²) < 4.78 is 0. The van der Waals surface area contributed by atoms with Crippen LogP contribution in [0.1, 0.15) is 34.0 Å². The highest BCUT2D eigenvalue weighted by molar-refractivity contribution is 6.05. The van der Waals surface area contributed by atoms with E-state index in [9.17, 15) is 4.79 Å². The molecule has 0 fully saturated rings. The van der Waals surface area contributed by atoms with Crippen molar-refractivity contribution in [2.45, 2.75) is 20.3 Å². The highest BCUT2D eigenvalue weighted by atomic mass is 16.1. The van der Waals surface area contributed by atoms with Crippen LogP contribution < -0.4 is 10.6 Å². The van der Waals surface area contributed by atoms with Gasteiger partial charge in [-0.1, -0.05) is 31.2 Å². The number of rotatable bonds is 5. The Balaban J connectivity index is 1.81. The monoisotopic (exact) mass is 356 g/mol. The summed E-state index contributed by atoms with van der Waals surface area (Å²) >= 11 is 0. The maximum Gasteiger partial charge on any atom is 0.257 e. The topological polar surface area (TPSA) is 77.8 Å². The first-order valence-corrected chi connectivity index (χ1v) is 8.72. The largest absolute Gasteiger partial charge is 0.354 e. The highest BCUT2D eigenvalue weighted by Gasteiger charge is 2.12.